The third-order valence-electron chi connectivity index (χ3n) is 3.15. The lowest BCUT2D eigenvalue weighted by Gasteiger charge is -2.22. The molecule has 1 aromatic carbocycles. The predicted molar refractivity (Wildman–Crippen MR) is 80.4 cm³/mol. The van der Waals surface area contributed by atoms with Crippen molar-refractivity contribution in [3.63, 3.8) is 0 Å². The van der Waals surface area contributed by atoms with Gasteiger partial charge in [-0.15, -0.1) is 0 Å². The van der Waals surface area contributed by atoms with Gasteiger partial charge in [0.05, 0.1) is 0 Å². The molecule has 1 aromatic rings. The Kier molecular flexibility index (Phi) is 6.03. The maximum atomic E-state index is 12.2. The fourth-order valence-corrected chi connectivity index (χ4v) is 2.08. The van der Waals surface area contributed by atoms with E-state index in [1.807, 2.05) is 24.3 Å². The molecule has 0 bridgehead atoms. The second-order valence-electron chi connectivity index (χ2n) is 5.90. The highest BCUT2D eigenvalue weighted by molar-refractivity contribution is 5.96. The van der Waals surface area contributed by atoms with E-state index >= 15 is 0 Å². The Morgan fingerprint density at radius 1 is 1.16 bits per heavy atom. The molecule has 0 saturated carbocycles. The SMILES string of the molecule is CC(C)(C)c1ccccc1C(=O)NCCCCCN. The quantitative estimate of drug-likeness (QED) is 0.775. The Hall–Kier alpha value is -1.35. The van der Waals surface area contributed by atoms with Crippen LogP contribution in [0.25, 0.3) is 0 Å². The third kappa shape index (κ3) is 5.03. The molecule has 0 fully saturated rings. The van der Waals surface area contributed by atoms with E-state index in [0.29, 0.717) is 0 Å². The van der Waals surface area contributed by atoms with Crippen LogP contribution in [0.2, 0.25) is 0 Å². The monoisotopic (exact) mass is 262 g/mol. The topological polar surface area (TPSA) is 55.1 Å². The summed E-state index contributed by atoms with van der Waals surface area (Å²) in [5.41, 5.74) is 7.30. The molecule has 0 radical (unpaired) electrons. The lowest BCUT2D eigenvalue weighted by Crippen LogP contribution is -2.28. The predicted octanol–water partition coefficient (Wildman–Crippen LogP) is 2.84. The lowest BCUT2D eigenvalue weighted by atomic mass is 9.83. The van der Waals surface area contributed by atoms with Gasteiger partial charge in [0, 0.05) is 12.1 Å². The van der Waals surface area contributed by atoms with E-state index < -0.39 is 0 Å². The van der Waals surface area contributed by atoms with Crippen LogP contribution in [0.3, 0.4) is 0 Å². The normalized spacial score (nSPS) is 11.4. The summed E-state index contributed by atoms with van der Waals surface area (Å²) in [6.45, 7) is 7.82. The molecule has 0 unspecified atom stereocenters. The van der Waals surface area contributed by atoms with Gasteiger partial charge in [-0.3, -0.25) is 4.79 Å². The van der Waals surface area contributed by atoms with Crippen molar-refractivity contribution in [2.24, 2.45) is 5.73 Å². The van der Waals surface area contributed by atoms with Crippen molar-refractivity contribution in [3.8, 4) is 0 Å². The van der Waals surface area contributed by atoms with E-state index in [9.17, 15) is 4.79 Å². The number of amides is 1. The maximum absolute atomic E-state index is 12.2. The fourth-order valence-electron chi connectivity index (χ4n) is 2.08. The molecule has 0 aliphatic rings. The van der Waals surface area contributed by atoms with Gasteiger partial charge in [0.25, 0.3) is 5.91 Å². The zero-order valence-electron chi connectivity index (χ0n) is 12.3. The largest absolute Gasteiger partial charge is 0.352 e. The average Bonchev–Trinajstić information content (AvgIpc) is 2.37. The van der Waals surface area contributed by atoms with Crippen molar-refractivity contribution >= 4 is 5.91 Å². The zero-order chi connectivity index (χ0) is 14.3. The fraction of sp³-hybridized carbons (Fsp3) is 0.562. The summed E-state index contributed by atoms with van der Waals surface area (Å²) >= 11 is 0. The first-order valence-electron chi connectivity index (χ1n) is 7.04. The van der Waals surface area contributed by atoms with E-state index in [2.05, 4.69) is 26.1 Å². The van der Waals surface area contributed by atoms with Crippen molar-refractivity contribution in [3.05, 3.63) is 35.4 Å². The number of hydrogen-bond donors (Lipinski definition) is 2. The molecule has 3 N–H and O–H groups in total. The lowest BCUT2D eigenvalue weighted by molar-refractivity contribution is 0.0950. The molecule has 1 amide bonds. The van der Waals surface area contributed by atoms with E-state index in [4.69, 9.17) is 5.73 Å². The van der Waals surface area contributed by atoms with Crippen molar-refractivity contribution in [2.45, 2.75) is 45.4 Å². The molecule has 0 heterocycles. The number of benzene rings is 1. The summed E-state index contributed by atoms with van der Waals surface area (Å²) in [5, 5.41) is 2.99. The summed E-state index contributed by atoms with van der Waals surface area (Å²) in [4.78, 5) is 12.2. The van der Waals surface area contributed by atoms with E-state index in [1.54, 1.807) is 0 Å². The minimum absolute atomic E-state index is 0.0204. The van der Waals surface area contributed by atoms with Gasteiger partial charge in [0.1, 0.15) is 0 Å². The summed E-state index contributed by atoms with van der Waals surface area (Å²) in [7, 11) is 0. The number of carbonyl (C=O) groups excluding carboxylic acids is 1. The molecular formula is C16H26N2O. The van der Waals surface area contributed by atoms with E-state index in [0.717, 1.165) is 43.5 Å². The number of hydrogen-bond acceptors (Lipinski definition) is 2. The molecule has 0 spiro atoms. The molecule has 3 heteroatoms. The van der Waals surface area contributed by atoms with Crippen LogP contribution in [0.15, 0.2) is 24.3 Å². The maximum Gasteiger partial charge on any atom is 0.251 e. The van der Waals surface area contributed by atoms with Crippen LogP contribution < -0.4 is 11.1 Å². The Balaban J connectivity index is 2.62. The number of rotatable bonds is 6. The van der Waals surface area contributed by atoms with Gasteiger partial charge in [0.2, 0.25) is 0 Å². The standard InChI is InChI=1S/C16H26N2O/c1-16(2,3)14-10-6-5-9-13(14)15(19)18-12-8-4-7-11-17/h5-6,9-10H,4,7-8,11-12,17H2,1-3H3,(H,18,19). The van der Waals surface area contributed by atoms with Gasteiger partial charge in [0.15, 0.2) is 0 Å². The van der Waals surface area contributed by atoms with Gasteiger partial charge >= 0.3 is 0 Å². The molecule has 3 nitrogen and oxygen atoms in total. The van der Waals surface area contributed by atoms with Crippen molar-refractivity contribution in [1.82, 2.24) is 5.32 Å². The highest BCUT2D eigenvalue weighted by atomic mass is 16.1. The molecule has 0 aliphatic heterocycles. The minimum Gasteiger partial charge on any atom is -0.352 e. The first-order valence-corrected chi connectivity index (χ1v) is 7.04. The molecular weight excluding hydrogens is 236 g/mol. The van der Waals surface area contributed by atoms with Crippen LogP contribution in [0, 0.1) is 0 Å². The van der Waals surface area contributed by atoms with Crippen LogP contribution in [-0.4, -0.2) is 19.0 Å². The molecule has 0 aliphatic carbocycles. The van der Waals surface area contributed by atoms with Crippen LogP contribution in [-0.2, 0) is 5.41 Å². The second kappa shape index (κ2) is 7.29. The zero-order valence-corrected chi connectivity index (χ0v) is 12.3. The highest BCUT2D eigenvalue weighted by Crippen LogP contribution is 2.25. The van der Waals surface area contributed by atoms with Crippen LogP contribution >= 0.6 is 0 Å². The molecule has 106 valence electrons. The summed E-state index contributed by atoms with van der Waals surface area (Å²) < 4.78 is 0. The van der Waals surface area contributed by atoms with Crippen LogP contribution in [0.4, 0.5) is 0 Å². The Morgan fingerprint density at radius 2 is 1.84 bits per heavy atom. The molecule has 0 aromatic heterocycles. The molecule has 19 heavy (non-hydrogen) atoms. The van der Waals surface area contributed by atoms with Gasteiger partial charge in [-0.1, -0.05) is 45.4 Å². The summed E-state index contributed by atoms with van der Waals surface area (Å²) in [6, 6.07) is 7.83. The minimum atomic E-state index is -0.0204. The van der Waals surface area contributed by atoms with Crippen LogP contribution in [0.5, 0.6) is 0 Å². The van der Waals surface area contributed by atoms with Crippen molar-refractivity contribution < 1.29 is 4.79 Å². The number of unbranched alkanes of at least 4 members (excludes halogenated alkanes) is 2. The first-order chi connectivity index (χ1) is 8.96. The van der Waals surface area contributed by atoms with Gasteiger partial charge in [-0.05, 0) is 36.4 Å². The summed E-state index contributed by atoms with van der Waals surface area (Å²) in [6.07, 6.45) is 3.08. The van der Waals surface area contributed by atoms with Crippen LogP contribution in [0.1, 0.15) is 56.0 Å². The Morgan fingerprint density at radius 3 is 2.47 bits per heavy atom. The van der Waals surface area contributed by atoms with Gasteiger partial charge in [-0.2, -0.15) is 0 Å². The van der Waals surface area contributed by atoms with Crippen molar-refractivity contribution in [2.75, 3.05) is 13.1 Å². The Labute approximate surface area is 116 Å². The van der Waals surface area contributed by atoms with Gasteiger partial charge in [-0.25, -0.2) is 0 Å². The smallest absolute Gasteiger partial charge is 0.251 e. The highest BCUT2D eigenvalue weighted by Gasteiger charge is 2.20. The molecule has 1 rings (SSSR count). The second-order valence-corrected chi connectivity index (χ2v) is 5.90. The number of nitrogens with one attached hydrogen (secondary N) is 1. The Bertz CT molecular complexity index is 407. The number of nitrogens with two attached hydrogens (primary N) is 1. The van der Waals surface area contributed by atoms with E-state index in [1.165, 1.54) is 0 Å². The average molecular weight is 262 g/mol. The van der Waals surface area contributed by atoms with Gasteiger partial charge < -0.3 is 11.1 Å². The molecule has 0 saturated heterocycles. The first kappa shape index (κ1) is 15.7. The number of carbonyl (C=O) groups is 1. The van der Waals surface area contributed by atoms with E-state index in [-0.39, 0.29) is 11.3 Å². The summed E-state index contributed by atoms with van der Waals surface area (Å²) in [5.74, 6) is 0.0262. The van der Waals surface area contributed by atoms with Crippen molar-refractivity contribution in [1.29, 1.82) is 0 Å². The third-order valence-corrected chi connectivity index (χ3v) is 3.15. The molecule has 0 atom stereocenters.